The van der Waals surface area contributed by atoms with Crippen LogP contribution in [0.25, 0.3) is 6.08 Å². The van der Waals surface area contributed by atoms with Crippen LogP contribution in [0.3, 0.4) is 0 Å². The summed E-state index contributed by atoms with van der Waals surface area (Å²) in [6.45, 7) is 2.02. The molecule has 2 aromatic carbocycles. The van der Waals surface area contributed by atoms with Crippen LogP contribution in [0.4, 0.5) is 10.5 Å². The van der Waals surface area contributed by atoms with Gasteiger partial charge in [0, 0.05) is 10.7 Å². The summed E-state index contributed by atoms with van der Waals surface area (Å²) in [6.07, 6.45) is 1.73. The second-order valence-corrected chi connectivity index (χ2v) is 6.72. The highest BCUT2D eigenvalue weighted by atomic mass is 35.5. The van der Waals surface area contributed by atoms with Crippen LogP contribution in [-0.4, -0.2) is 22.7 Å². The molecule has 2 aromatic rings. The van der Waals surface area contributed by atoms with Gasteiger partial charge in [-0.25, -0.2) is 0 Å². The Morgan fingerprint density at radius 2 is 1.92 bits per heavy atom. The van der Waals surface area contributed by atoms with E-state index in [4.69, 9.17) is 11.6 Å². The van der Waals surface area contributed by atoms with Gasteiger partial charge < -0.3 is 5.32 Å². The molecule has 1 N–H and O–H groups in total. The van der Waals surface area contributed by atoms with Crippen molar-refractivity contribution in [2.45, 2.75) is 6.92 Å². The molecule has 0 atom stereocenters. The predicted molar refractivity (Wildman–Crippen MR) is 98.9 cm³/mol. The van der Waals surface area contributed by atoms with Gasteiger partial charge in [0.25, 0.3) is 11.1 Å². The third kappa shape index (κ3) is 3.63. The molecule has 1 aliphatic rings. The van der Waals surface area contributed by atoms with Crippen molar-refractivity contribution in [3.8, 4) is 0 Å². The van der Waals surface area contributed by atoms with E-state index in [1.165, 1.54) is 4.90 Å². The molecule has 24 heavy (non-hydrogen) atoms. The maximum Gasteiger partial charge on any atom is 0.295 e. The van der Waals surface area contributed by atoms with E-state index in [-0.39, 0.29) is 17.8 Å². The third-order valence-electron chi connectivity index (χ3n) is 3.58. The molecule has 0 aromatic heterocycles. The second-order valence-electron chi connectivity index (χ2n) is 5.32. The lowest BCUT2D eigenvalue weighted by atomic mass is 10.2. The first kappa shape index (κ1) is 16.6. The first-order valence-electron chi connectivity index (χ1n) is 7.35. The highest BCUT2D eigenvalue weighted by Gasteiger charge is 2.34. The number of thioether (sulfide) groups is 1. The molecular weight excluding hydrogens is 344 g/mol. The van der Waals surface area contributed by atoms with Gasteiger partial charge in [-0.15, -0.1) is 0 Å². The summed E-state index contributed by atoms with van der Waals surface area (Å²) >= 11 is 7.03. The lowest BCUT2D eigenvalue weighted by Crippen LogP contribution is -2.33. The quantitative estimate of drug-likeness (QED) is 0.801. The van der Waals surface area contributed by atoms with Crippen LogP contribution in [0, 0.1) is 6.92 Å². The number of nitrogens with one attached hydrogen (secondary N) is 1. The minimum Gasteiger partial charge on any atom is -0.367 e. The number of imide groups is 1. The van der Waals surface area contributed by atoms with Crippen molar-refractivity contribution in [2.75, 3.05) is 12.0 Å². The number of hydrogen-bond donors (Lipinski definition) is 1. The van der Waals surface area contributed by atoms with Gasteiger partial charge in [-0.3, -0.25) is 14.5 Å². The number of nitrogens with zero attached hydrogens (tertiary/aromatic N) is 1. The molecule has 6 heteroatoms. The molecule has 4 nitrogen and oxygen atoms in total. The lowest BCUT2D eigenvalue weighted by molar-refractivity contribution is -0.122. The van der Waals surface area contributed by atoms with E-state index >= 15 is 0 Å². The third-order valence-corrected chi connectivity index (χ3v) is 4.90. The summed E-state index contributed by atoms with van der Waals surface area (Å²) in [5, 5.41) is 3.41. The Morgan fingerprint density at radius 1 is 1.17 bits per heavy atom. The number of carbonyl (C=O) groups is 2. The second kappa shape index (κ2) is 7.11. The summed E-state index contributed by atoms with van der Waals surface area (Å²) in [6, 6.07) is 15.0. The van der Waals surface area contributed by atoms with Crippen LogP contribution < -0.4 is 5.32 Å². The molecule has 1 heterocycles. The number of carbonyl (C=O) groups excluding carboxylic acids is 2. The van der Waals surface area contributed by atoms with Gasteiger partial charge in [0.2, 0.25) is 0 Å². The minimum atomic E-state index is -0.292. The maximum atomic E-state index is 12.4. The number of amides is 2. The van der Waals surface area contributed by atoms with Crippen LogP contribution in [-0.2, 0) is 4.79 Å². The highest BCUT2D eigenvalue weighted by molar-refractivity contribution is 8.18. The van der Waals surface area contributed by atoms with E-state index in [9.17, 15) is 9.59 Å². The van der Waals surface area contributed by atoms with Crippen molar-refractivity contribution in [3.05, 3.63) is 69.6 Å². The van der Waals surface area contributed by atoms with Crippen molar-refractivity contribution in [3.63, 3.8) is 0 Å². The van der Waals surface area contributed by atoms with Crippen molar-refractivity contribution in [1.29, 1.82) is 0 Å². The van der Waals surface area contributed by atoms with Gasteiger partial charge >= 0.3 is 0 Å². The monoisotopic (exact) mass is 358 g/mol. The smallest absolute Gasteiger partial charge is 0.295 e. The number of benzene rings is 2. The maximum absolute atomic E-state index is 12.4. The average molecular weight is 359 g/mol. The number of halogens is 1. The van der Waals surface area contributed by atoms with Crippen molar-refractivity contribution in [1.82, 2.24) is 4.90 Å². The molecule has 1 saturated heterocycles. The number of rotatable bonds is 4. The molecular formula is C18H15ClN2O2S. The van der Waals surface area contributed by atoms with Crippen molar-refractivity contribution >= 4 is 46.3 Å². The molecule has 0 radical (unpaired) electrons. The van der Waals surface area contributed by atoms with Gasteiger partial charge in [0.1, 0.15) is 0 Å². The topological polar surface area (TPSA) is 49.4 Å². The molecule has 0 spiro atoms. The van der Waals surface area contributed by atoms with Crippen molar-refractivity contribution in [2.24, 2.45) is 0 Å². The van der Waals surface area contributed by atoms with Crippen LogP contribution in [0.5, 0.6) is 0 Å². The van der Waals surface area contributed by atoms with E-state index < -0.39 is 0 Å². The van der Waals surface area contributed by atoms with Gasteiger partial charge in [0.15, 0.2) is 0 Å². The van der Waals surface area contributed by atoms with Crippen LogP contribution in [0.1, 0.15) is 11.1 Å². The largest absolute Gasteiger partial charge is 0.367 e. The van der Waals surface area contributed by atoms with Gasteiger partial charge in [-0.1, -0.05) is 48.0 Å². The molecule has 122 valence electrons. The Balaban J connectivity index is 1.70. The van der Waals surface area contributed by atoms with Gasteiger partial charge in [-0.05, 0) is 48.0 Å². The zero-order valence-corrected chi connectivity index (χ0v) is 14.5. The summed E-state index contributed by atoms with van der Waals surface area (Å²) < 4.78 is 0. The standard InChI is InChI=1S/C18H15ClN2O2S/c1-12-7-8-14(10-15(12)19)20-11-21-17(22)16(24-18(21)23)9-13-5-3-2-4-6-13/h2-10,20H,11H2,1H3/b16-9-. The molecule has 0 unspecified atom stereocenters. The highest BCUT2D eigenvalue weighted by Crippen LogP contribution is 2.32. The van der Waals surface area contributed by atoms with E-state index in [0.717, 1.165) is 28.6 Å². The normalized spacial score (nSPS) is 16.1. The molecule has 2 amide bonds. The van der Waals surface area contributed by atoms with E-state index in [2.05, 4.69) is 5.32 Å². The van der Waals surface area contributed by atoms with Crippen LogP contribution >= 0.6 is 23.4 Å². The minimum absolute atomic E-state index is 0.107. The Hall–Kier alpha value is -2.24. The SMILES string of the molecule is Cc1ccc(NCN2C(=O)S/C(=C\c3ccccc3)C2=O)cc1Cl. The van der Waals surface area contributed by atoms with Crippen LogP contribution in [0.15, 0.2) is 53.4 Å². The summed E-state index contributed by atoms with van der Waals surface area (Å²) in [4.78, 5) is 26.1. The van der Waals surface area contributed by atoms with E-state index in [1.807, 2.05) is 49.4 Å². The number of hydrogen-bond acceptors (Lipinski definition) is 4. The van der Waals surface area contributed by atoms with E-state index in [1.54, 1.807) is 12.1 Å². The first-order chi connectivity index (χ1) is 11.5. The van der Waals surface area contributed by atoms with Crippen LogP contribution in [0.2, 0.25) is 5.02 Å². The molecule has 1 aliphatic heterocycles. The lowest BCUT2D eigenvalue weighted by Gasteiger charge is -2.15. The number of aryl methyl sites for hydroxylation is 1. The fourth-order valence-electron chi connectivity index (χ4n) is 2.21. The molecule has 1 fully saturated rings. The first-order valence-corrected chi connectivity index (χ1v) is 8.54. The summed E-state index contributed by atoms with van der Waals surface area (Å²) in [5.74, 6) is -0.292. The molecule has 0 bridgehead atoms. The Labute approximate surface area is 149 Å². The fraction of sp³-hybridized carbons (Fsp3) is 0.111. The fourth-order valence-corrected chi connectivity index (χ4v) is 3.23. The van der Waals surface area contributed by atoms with Gasteiger partial charge in [-0.2, -0.15) is 0 Å². The Bertz CT molecular complexity index is 821. The zero-order chi connectivity index (χ0) is 17.1. The summed E-state index contributed by atoms with van der Waals surface area (Å²) in [5.41, 5.74) is 2.62. The summed E-state index contributed by atoms with van der Waals surface area (Å²) in [7, 11) is 0. The molecule has 0 saturated carbocycles. The van der Waals surface area contributed by atoms with Crippen molar-refractivity contribution < 1.29 is 9.59 Å². The Morgan fingerprint density at radius 3 is 2.62 bits per heavy atom. The van der Waals surface area contributed by atoms with E-state index in [0.29, 0.717) is 9.93 Å². The predicted octanol–water partition coefficient (Wildman–Crippen LogP) is 4.75. The molecule has 0 aliphatic carbocycles. The zero-order valence-electron chi connectivity index (χ0n) is 13.0. The Kier molecular flexibility index (Phi) is 4.92. The number of anilines is 1. The van der Waals surface area contributed by atoms with Gasteiger partial charge in [0.05, 0.1) is 11.6 Å². The average Bonchev–Trinajstić information content (AvgIpc) is 2.83. The molecule has 3 rings (SSSR count).